The Hall–Kier alpha value is -2.64. The van der Waals surface area contributed by atoms with Crippen molar-refractivity contribution in [1.82, 2.24) is 0 Å². The minimum absolute atomic E-state index is 0.628. The lowest BCUT2D eigenvalue weighted by molar-refractivity contribution is 1.50. The van der Waals surface area contributed by atoms with Crippen molar-refractivity contribution in [2.75, 3.05) is 0 Å². The average molecular weight is 377 g/mol. The molecule has 0 unspecified atom stereocenters. The summed E-state index contributed by atoms with van der Waals surface area (Å²) in [5.74, 6) is 5.36. The Bertz CT molecular complexity index is 902. The van der Waals surface area contributed by atoms with Gasteiger partial charge in [0.25, 0.3) is 0 Å². The van der Waals surface area contributed by atoms with Crippen molar-refractivity contribution in [3.8, 4) is 46.9 Å². The first-order chi connectivity index (χ1) is 12.6. The van der Waals surface area contributed by atoms with E-state index in [0.29, 0.717) is 10.0 Å². The summed E-state index contributed by atoms with van der Waals surface area (Å²) in [4.78, 5) is 0. The summed E-state index contributed by atoms with van der Waals surface area (Å²) in [5, 5.41) is 1.26. The molecule has 0 spiro atoms. The van der Waals surface area contributed by atoms with Gasteiger partial charge in [-0.2, -0.15) is 0 Å². The van der Waals surface area contributed by atoms with E-state index in [4.69, 9.17) is 36.0 Å². The van der Waals surface area contributed by atoms with Crippen LogP contribution >= 0.6 is 23.2 Å². The Balaban J connectivity index is 0.00000117. The highest BCUT2D eigenvalue weighted by molar-refractivity contribution is 6.31. The van der Waals surface area contributed by atoms with Crippen LogP contribution in [0.2, 0.25) is 10.0 Å². The number of hydrogen-bond donors (Lipinski definition) is 0. The molecule has 3 aromatic rings. The van der Waals surface area contributed by atoms with E-state index >= 15 is 0 Å². The van der Waals surface area contributed by atoms with Crippen LogP contribution in [0.5, 0.6) is 0 Å². The maximum absolute atomic E-state index is 6.01. The minimum Gasteiger partial charge on any atom is -0.115 e. The fourth-order valence-corrected chi connectivity index (χ4v) is 2.95. The highest BCUT2D eigenvalue weighted by atomic mass is 35.5. The number of halogens is 2. The standard InChI is InChI=1S/C22H12Cl2.C2H6/c1-3-15-13-19(23)9-11-21(15)17-5-7-18(8-6-17)22-12-10-20(24)14-16(22)4-2;1-2/h1-2,5-14H;1-2H3. The SMILES string of the molecule is C#Cc1cc(Cl)ccc1-c1ccc(-c2ccc(Cl)cc2C#C)cc1.CC. The van der Waals surface area contributed by atoms with Crippen LogP contribution in [-0.4, -0.2) is 0 Å². The van der Waals surface area contributed by atoms with E-state index in [1.807, 2.05) is 62.4 Å². The average Bonchev–Trinajstić information content (AvgIpc) is 2.69. The quantitative estimate of drug-likeness (QED) is 0.411. The van der Waals surface area contributed by atoms with Crippen LogP contribution in [0.1, 0.15) is 25.0 Å². The van der Waals surface area contributed by atoms with Gasteiger partial charge in [-0.05, 0) is 46.5 Å². The molecule has 128 valence electrons. The van der Waals surface area contributed by atoms with E-state index < -0.39 is 0 Å². The molecule has 0 N–H and O–H groups in total. The second kappa shape index (κ2) is 9.17. The Kier molecular flexibility index (Phi) is 6.94. The maximum atomic E-state index is 6.01. The number of rotatable bonds is 2. The Morgan fingerprint density at radius 3 is 1.27 bits per heavy atom. The lowest BCUT2D eigenvalue weighted by Gasteiger charge is -2.09. The molecule has 0 aliphatic heterocycles. The zero-order chi connectivity index (χ0) is 19.1. The second-order valence-electron chi connectivity index (χ2n) is 5.25. The summed E-state index contributed by atoms with van der Waals surface area (Å²) in [7, 11) is 0. The number of terminal acetylenes is 2. The van der Waals surface area contributed by atoms with Crippen molar-refractivity contribution >= 4 is 23.2 Å². The summed E-state index contributed by atoms with van der Waals surface area (Å²) >= 11 is 12.0. The van der Waals surface area contributed by atoms with Crippen LogP contribution in [0.4, 0.5) is 0 Å². The zero-order valence-corrected chi connectivity index (χ0v) is 16.2. The molecule has 0 saturated heterocycles. The number of hydrogen-bond acceptors (Lipinski definition) is 0. The fraction of sp³-hybridized carbons (Fsp3) is 0.0833. The normalized spacial score (nSPS) is 9.46. The van der Waals surface area contributed by atoms with Crippen LogP contribution in [0, 0.1) is 24.7 Å². The molecule has 0 bridgehead atoms. The molecular formula is C24H18Cl2. The summed E-state index contributed by atoms with van der Waals surface area (Å²) in [5.41, 5.74) is 5.54. The van der Waals surface area contributed by atoms with Crippen LogP contribution in [0.15, 0.2) is 60.7 Å². The first-order valence-electron chi connectivity index (χ1n) is 8.25. The van der Waals surface area contributed by atoms with Gasteiger partial charge in [0.15, 0.2) is 0 Å². The zero-order valence-electron chi connectivity index (χ0n) is 14.7. The van der Waals surface area contributed by atoms with E-state index in [2.05, 4.69) is 11.8 Å². The third kappa shape index (κ3) is 4.30. The highest BCUT2D eigenvalue weighted by Crippen LogP contribution is 2.30. The molecule has 0 fully saturated rings. The third-order valence-electron chi connectivity index (χ3n) is 3.78. The minimum atomic E-state index is 0.628. The summed E-state index contributed by atoms with van der Waals surface area (Å²) in [6.07, 6.45) is 11.2. The lowest BCUT2D eigenvalue weighted by Crippen LogP contribution is -1.87. The number of benzene rings is 3. The summed E-state index contributed by atoms with van der Waals surface area (Å²) in [6, 6.07) is 19.2. The molecule has 0 aromatic heterocycles. The molecule has 3 aromatic carbocycles. The van der Waals surface area contributed by atoms with Gasteiger partial charge in [0.05, 0.1) is 0 Å². The van der Waals surface area contributed by atoms with Crippen molar-refractivity contribution in [1.29, 1.82) is 0 Å². The molecule has 0 atom stereocenters. The molecule has 0 heterocycles. The molecule has 0 aliphatic carbocycles. The van der Waals surface area contributed by atoms with Gasteiger partial charge in [-0.25, -0.2) is 0 Å². The highest BCUT2D eigenvalue weighted by Gasteiger charge is 2.07. The van der Waals surface area contributed by atoms with E-state index in [1.54, 1.807) is 12.1 Å². The monoisotopic (exact) mass is 376 g/mol. The molecule has 3 rings (SSSR count). The molecule has 0 amide bonds. The molecular weight excluding hydrogens is 359 g/mol. The topological polar surface area (TPSA) is 0 Å². The molecule has 2 heteroatoms. The van der Waals surface area contributed by atoms with Crippen molar-refractivity contribution in [2.45, 2.75) is 13.8 Å². The van der Waals surface area contributed by atoms with Crippen LogP contribution in [0.3, 0.4) is 0 Å². The first-order valence-corrected chi connectivity index (χ1v) is 9.01. The maximum Gasteiger partial charge on any atom is 0.0418 e. The van der Waals surface area contributed by atoms with Gasteiger partial charge in [-0.15, -0.1) is 12.8 Å². The van der Waals surface area contributed by atoms with Crippen molar-refractivity contribution in [3.63, 3.8) is 0 Å². The Morgan fingerprint density at radius 1 is 0.615 bits per heavy atom. The third-order valence-corrected chi connectivity index (χ3v) is 4.25. The van der Waals surface area contributed by atoms with Gasteiger partial charge < -0.3 is 0 Å². The summed E-state index contributed by atoms with van der Waals surface area (Å²) < 4.78 is 0. The lowest BCUT2D eigenvalue weighted by atomic mass is 9.95. The predicted molar refractivity (Wildman–Crippen MR) is 115 cm³/mol. The van der Waals surface area contributed by atoms with E-state index in [0.717, 1.165) is 33.4 Å². The fourth-order valence-electron chi connectivity index (χ4n) is 2.60. The van der Waals surface area contributed by atoms with Gasteiger partial charge in [0, 0.05) is 21.2 Å². The predicted octanol–water partition coefficient (Wildman–Crippen LogP) is 7.32. The Labute approximate surface area is 165 Å². The van der Waals surface area contributed by atoms with E-state index in [-0.39, 0.29) is 0 Å². The van der Waals surface area contributed by atoms with Gasteiger partial charge in [-0.1, -0.05) is 85.3 Å². The van der Waals surface area contributed by atoms with E-state index in [1.165, 1.54) is 0 Å². The molecule has 0 nitrogen and oxygen atoms in total. The van der Waals surface area contributed by atoms with Gasteiger partial charge in [-0.3, -0.25) is 0 Å². The Morgan fingerprint density at radius 2 is 0.962 bits per heavy atom. The largest absolute Gasteiger partial charge is 0.115 e. The molecule has 0 aliphatic rings. The van der Waals surface area contributed by atoms with Crippen LogP contribution in [0.25, 0.3) is 22.3 Å². The summed E-state index contributed by atoms with van der Waals surface area (Å²) in [6.45, 7) is 4.00. The van der Waals surface area contributed by atoms with Crippen molar-refractivity contribution in [3.05, 3.63) is 81.8 Å². The van der Waals surface area contributed by atoms with Crippen LogP contribution < -0.4 is 0 Å². The van der Waals surface area contributed by atoms with E-state index in [9.17, 15) is 0 Å². The van der Waals surface area contributed by atoms with Crippen LogP contribution in [-0.2, 0) is 0 Å². The van der Waals surface area contributed by atoms with Crippen molar-refractivity contribution < 1.29 is 0 Å². The first kappa shape index (κ1) is 19.7. The smallest absolute Gasteiger partial charge is 0.0418 e. The second-order valence-corrected chi connectivity index (χ2v) is 6.12. The molecule has 0 radical (unpaired) electrons. The molecule has 0 saturated carbocycles. The van der Waals surface area contributed by atoms with Gasteiger partial charge in [0.1, 0.15) is 0 Å². The van der Waals surface area contributed by atoms with Crippen molar-refractivity contribution in [2.24, 2.45) is 0 Å². The molecule has 26 heavy (non-hydrogen) atoms. The van der Waals surface area contributed by atoms with Gasteiger partial charge in [0.2, 0.25) is 0 Å². The van der Waals surface area contributed by atoms with Gasteiger partial charge >= 0.3 is 0 Å².